The molecule has 0 unspecified atom stereocenters. The van der Waals surface area contributed by atoms with Gasteiger partial charge in [0.05, 0.1) is 6.61 Å². The fraction of sp³-hybridized carbons (Fsp3) is 0.667. The first kappa shape index (κ1) is 24.8. The topological polar surface area (TPSA) is 73.3 Å². The van der Waals surface area contributed by atoms with Gasteiger partial charge in [-0.05, 0) is 75.3 Å². The van der Waals surface area contributed by atoms with Crippen LogP contribution in [-0.2, 0) is 4.79 Å². The van der Waals surface area contributed by atoms with Crippen LogP contribution < -0.4 is 4.74 Å². The molecule has 32 heavy (non-hydrogen) atoms. The van der Waals surface area contributed by atoms with Crippen LogP contribution in [0.1, 0.15) is 38.5 Å². The Morgan fingerprint density at radius 2 is 1.81 bits per heavy atom. The van der Waals surface area contributed by atoms with Crippen molar-refractivity contribution in [3.05, 3.63) is 29.3 Å². The summed E-state index contributed by atoms with van der Waals surface area (Å²) >= 11 is 5.86. The summed E-state index contributed by atoms with van der Waals surface area (Å²) in [7, 11) is 1.76. The van der Waals surface area contributed by atoms with E-state index in [9.17, 15) is 9.59 Å². The van der Waals surface area contributed by atoms with Gasteiger partial charge in [0.25, 0.3) is 0 Å². The Labute approximate surface area is 196 Å². The standard InChI is InChI=1S/C24H36ClN3O4/c1-26(24(31)32-22-9-7-21(25)8-10-22)14-11-19-3-5-20(6-4-19)23(30)28-13-2-12-27(15-16-28)17-18-29/h7-10,19-20,29H,2-6,11-18H2,1H3. The second-order valence-corrected chi connectivity index (χ2v) is 9.43. The van der Waals surface area contributed by atoms with Crippen LogP contribution in [0.3, 0.4) is 0 Å². The first-order valence-electron chi connectivity index (χ1n) is 11.8. The molecule has 2 fully saturated rings. The summed E-state index contributed by atoms with van der Waals surface area (Å²) in [5, 5.41) is 9.75. The highest BCUT2D eigenvalue weighted by molar-refractivity contribution is 6.30. The summed E-state index contributed by atoms with van der Waals surface area (Å²) in [5.74, 6) is 1.45. The zero-order valence-corrected chi connectivity index (χ0v) is 19.8. The monoisotopic (exact) mass is 465 g/mol. The fourth-order valence-corrected chi connectivity index (χ4v) is 4.79. The van der Waals surface area contributed by atoms with Crippen molar-refractivity contribution in [3.63, 3.8) is 0 Å². The average molecular weight is 466 g/mol. The number of carbonyl (C=O) groups excluding carboxylic acids is 2. The number of benzene rings is 1. The predicted molar refractivity (Wildman–Crippen MR) is 125 cm³/mol. The van der Waals surface area contributed by atoms with Crippen LogP contribution in [0.2, 0.25) is 5.02 Å². The largest absolute Gasteiger partial charge is 0.414 e. The smallest absolute Gasteiger partial charge is 0.410 e. The lowest BCUT2D eigenvalue weighted by molar-refractivity contribution is -0.136. The van der Waals surface area contributed by atoms with Gasteiger partial charge in [-0.25, -0.2) is 4.79 Å². The Balaban J connectivity index is 1.36. The number of aliphatic hydroxyl groups is 1. The van der Waals surface area contributed by atoms with Gasteiger partial charge in [-0.1, -0.05) is 11.6 Å². The highest BCUT2D eigenvalue weighted by atomic mass is 35.5. The molecular weight excluding hydrogens is 430 g/mol. The molecule has 2 aliphatic rings. The SMILES string of the molecule is CN(CCC1CCC(C(=O)N2CCCN(CCO)CC2)CC1)C(=O)Oc1ccc(Cl)cc1. The molecule has 0 atom stereocenters. The Bertz CT molecular complexity index is 737. The predicted octanol–water partition coefficient (Wildman–Crippen LogP) is 3.49. The number of halogens is 1. The van der Waals surface area contributed by atoms with Crippen molar-refractivity contribution in [1.29, 1.82) is 0 Å². The van der Waals surface area contributed by atoms with E-state index in [2.05, 4.69) is 4.90 Å². The van der Waals surface area contributed by atoms with Crippen molar-refractivity contribution in [2.45, 2.75) is 38.5 Å². The van der Waals surface area contributed by atoms with Crippen molar-refractivity contribution < 1.29 is 19.4 Å². The van der Waals surface area contributed by atoms with E-state index in [4.69, 9.17) is 21.4 Å². The summed E-state index contributed by atoms with van der Waals surface area (Å²) in [6, 6.07) is 6.75. The zero-order chi connectivity index (χ0) is 22.9. The third-order valence-electron chi connectivity index (χ3n) is 6.72. The normalized spacial score (nSPS) is 22.3. The minimum Gasteiger partial charge on any atom is -0.410 e. The van der Waals surface area contributed by atoms with Gasteiger partial charge in [0, 0.05) is 50.7 Å². The highest BCUT2D eigenvalue weighted by Gasteiger charge is 2.30. The van der Waals surface area contributed by atoms with E-state index < -0.39 is 0 Å². The van der Waals surface area contributed by atoms with E-state index in [1.165, 1.54) is 0 Å². The van der Waals surface area contributed by atoms with Crippen molar-refractivity contribution in [3.8, 4) is 5.75 Å². The summed E-state index contributed by atoms with van der Waals surface area (Å²) in [6.07, 6.45) is 5.44. The number of hydrogen-bond donors (Lipinski definition) is 1. The van der Waals surface area contributed by atoms with Gasteiger partial charge in [-0.2, -0.15) is 0 Å². The first-order chi connectivity index (χ1) is 15.5. The molecule has 0 radical (unpaired) electrons. The van der Waals surface area contributed by atoms with Crippen LogP contribution >= 0.6 is 11.6 Å². The summed E-state index contributed by atoms with van der Waals surface area (Å²) in [4.78, 5) is 31.2. The fourth-order valence-electron chi connectivity index (χ4n) is 4.66. The molecule has 0 bridgehead atoms. The molecule has 0 spiro atoms. The van der Waals surface area contributed by atoms with Gasteiger partial charge in [0.1, 0.15) is 5.75 Å². The number of carbonyl (C=O) groups is 2. The number of ether oxygens (including phenoxy) is 1. The number of hydrogen-bond acceptors (Lipinski definition) is 5. The van der Waals surface area contributed by atoms with E-state index >= 15 is 0 Å². The third-order valence-corrected chi connectivity index (χ3v) is 6.97. The number of aliphatic hydroxyl groups excluding tert-OH is 1. The Kier molecular flexibility index (Phi) is 9.63. The molecule has 1 aliphatic heterocycles. The van der Waals surface area contributed by atoms with E-state index in [0.29, 0.717) is 35.7 Å². The van der Waals surface area contributed by atoms with Crippen LogP contribution in [0.4, 0.5) is 4.79 Å². The maximum atomic E-state index is 13.0. The highest BCUT2D eigenvalue weighted by Crippen LogP contribution is 2.32. The molecule has 2 amide bonds. The van der Waals surface area contributed by atoms with Crippen molar-refractivity contribution >= 4 is 23.6 Å². The van der Waals surface area contributed by atoms with Gasteiger partial charge in [-0.15, -0.1) is 0 Å². The number of amides is 2. The van der Waals surface area contributed by atoms with E-state index in [-0.39, 0.29) is 18.6 Å². The molecule has 1 saturated heterocycles. The molecule has 7 nitrogen and oxygen atoms in total. The second kappa shape index (κ2) is 12.4. The molecule has 1 heterocycles. The molecule has 1 N–H and O–H groups in total. The van der Waals surface area contributed by atoms with Gasteiger partial charge in [0.15, 0.2) is 0 Å². The van der Waals surface area contributed by atoms with Crippen molar-refractivity contribution in [2.75, 3.05) is 52.9 Å². The molecule has 1 saturated carbocycles. The van der Waals surface area contributed by atoms with Crippen LogP contribution in [-0.4, -0.2) is 84.7 Å². The van der Waals surface area contributed by atoms with E-state index in [0.717, 1.165) is 64.7 Å². The first-order valence-corrected chi connectivity index (χ1v) is 12.1. The van der Waals surface area contributed by atoms with Crippen molar-refractivity contribution in [1.82, 2.24) is 14.7 Å². The van der Waals surface area contributed by atoms with E-state index in [1.807, 2.05) is 4.90 Å². The number of rotatable bonds is 7. The third kappa shape index (κ3) is 7.36. The minimum absolute atomic E-state index is 0.128. The summed E-state index contributed by atoms with van der Waals surface area (Å²) in [6.45, 7) is 4.88. The van der Waals surface area contributed by atoms with Gasteiger partial charge in [-0.3, -0.25) is 9.69 Å². The maximum Gasteiger partial charge on any atom is 0.414 e. The maximum absolute atomic E-state index is 13.0. The van der Waals surface area contributed by atoms with Crippen LogP contribution in [0.25, 0.3) is 0 Å². The Morgan fingerprint density at radius 3 is 2.50 bits per heavy atom. The van der Waals surface area contributed by atoms with Crippen LogP contribution in [0.5, 0.6) is 5.75 Å². The quantitative estimate of drug-likeness (QED) is 0.667. The zero-order valence-electron chi connectivity index (χ0n) is 19.0. The molecule has 1 aliphatic carbocycles. The van der Waals surface area contributed by atoms with Gasteiger partial charge in [0.2, 0.25) is 5.91 Å². The van der Waals surface area contributed by atoms with Crippen molar-refractivity contribution in [2.24, 2.45) is 11.8 Å². The Hall–Kier alpha value is -1.83. The van der Waals surface area contributed by atoms with E-state index in [1.54, 1.807) is 36.2 Å². The lowest BCUT2D eigenvalue weighted by Gasteiger charge is -2.32. The number of nitrogens with zero attached hydrogens (tertiary/aromatic N) is 3. The molecule has 0 aromatic heterocycles. The molecule has 3 rings (SSSR count). The lowest BCUT2D eigenvalue weighted by Crippen LogP contribution is -2.40. The van der Waals surface area contributed by atoms with Gasteiger partial charge < -0.3 is 19.6 Å². The second-order valence-electron chi connectivity index (χ2n) is 8.99. The van der Waals surface area contributed by atoms with Crippen LogP contribution in [0, 0.1) is 11.8 Å². The minimum atomic E-state index is -0.368. The Morgan fingerprint density at radius 1 is 1.09 bits per heavy atom. The summed E-state index contributed by atoms with van der Waals surface area (Å²) < 4.78 is 5.38. The molecule has 8 heteroatoms. The molecule has 1 aromatic carbocycles. The molecule has 1 aromatic rings. The summed E-state index contributed by atoms with van der Waals surface area (Å²) in [5.41, 5.74) is 0. The lowest BCUT2D eigenvalue weighted by atomic mass is 9.80. The molecular formula is C24H36ClN3O4. The number of β-amino-alcohol motifs (C(OH)–C–C–N with tert-alkyl or cyclic N) is 1. The van der Waals surface area contributed by atoms with Gasteiger partial charge >= 0.3 is 6.09 Å². The molecule has 178 valence electrons. The van der Waals surface area contributed by atoms with Crippen LogP contribution in [0.15, 0.2) is 24.3 Å². The average Bonchev–Trinajstić information content (AvgIpc) is 3.05.